The molecule has 3 heterocycles. The molecule has 0 spiro atoms. The molecule has 2 atom stereocenters. The third kappa shape index (κ3) is 4.83. The molecule has 8 heteroatoms. The van der Waals surface area contributed by atoms with Crippen LogP contribution in [-0.2, 0) is 6.42 Å². The number of thioether (sulfide) groups is 1. The van der Waals surface area contributed by atoms with Gasteiger partial charge in [-0.05, 0) is 56.3 Å². The number of nitrogens with zero attached hydrogens (tertiary/aromatic N) is 3. The molecule has 1 aromatic heterocycles. The van der Waals surface area contributed by atoms with Gasteiger partial charge in [0.05, 0.1) is 30.0 Å². The number of piperidine rings is 1. The minimum absolute atomic E-state index is 0.0626. The summed E-state index contributed by atoms with van der Waals surface area (Å²) in [5, 5.41) is 0.865. The third-order valence-electron chi connectivity index (χ3n) is 6.51. The number of benzene rings is 2. The van der Waals surface area contributed by atoms with Gasteiger partial charge in [0.25, 0.3) is 5.56 Å². The number of rotatable bonds is 6. The van der Waals surface area contributed by atoms with E-state index in [0.717, 1.165) is 30.8 Å². The molecule has 2 unspecified atom stereocenters. The van der Waals surface area contributed by atoms with E-state index in [0.29, 0.717) is 39.6 Å². The van der Waals surface area contributed by atoms with Crippen molar-refractivity contribution in [1.29, 1.82) is 0 Å². The first-order valence-corrected chi connectivity index (χ1v) is 12.8. The van der Waals surface area contributed by atoms with Crippen LogP contribution in [0, 0.1) is 5.92 Å². The molecule has 0 saturated carbocycles. The summed E-state index contributed by atoms with van der Waals surface area (Å²) >= 11 is 7.60. The van der Waals surface area contributed by atoms with E-state index in [1.165, 1.54) is 12.8 Å². The second-order valence-electron chi connectivity index (χ2n) is 8.97. The SMILES string of the molecule is COc1cc(-n2cnc3c(c2=O)SC(c2ccc(Cl)cc2)C3)ccc1OCC1CCCN(C)C1. The summed E-state index contributed by atoms with van der Waals surface area (Å²) in [7, 11) is 3.77. The van der Waals surface area contributed by atoms with Crippen LogP contribution < -0.4 is 15.0 Å². The van der Waals surface area contributed by atoms with Gasteiger partial charge in [-0.25, -0.2) is 4.98 Å². The number of aromatic nitrogens is 2. The van der Waals surface area contributed by atoms with Gasteiger partial charge in [0.2, 0.25) is 0 Å². The van der Waals surface area contributed by atoms with Crippen LogP contribution in [-0.4, -0.2) is 48.3 Å². The summed E-state index contributed by atoms with van der Waals surface area (Å²) in [4.78, 5) is 21.0. The lowest BCUT2D eigenvalue weighted by molar-refractivity contribution is 0.148. The first-order chi connectivity index (χ1) is 16.5. The summed E-state index contributed by atoms with van der Waals surface area (Å²) in [6.07, 6.45) is 4.71. The Kier molecular flexibility index (Phi) is 6.86. The molecule has 6 nitrogen and oxygen atoms in total. The lowest BCUT2D eigenvalue weighted by atomic mass is 10.00. The number of fused-ring (bicyclic) bond motifs is 1. The third-order valence-corrected chi connectivity index (χ3v) is 8.13. The number of halogens is 1. The van der Waals surface area contributed by atoms with Crippen molar-refractivity contribution in [3.63, 3.8) is 0 Å². The maximum absolute atomic E-state index is 13.3. The van der Waals surface area contributed by atoms with Crippen molar-refractivity contribution < 1.29 is 9.47 Å². The molecular formula is C26H28ClN3O3S. The van der Waals surface area contributed by atoms with Crippen LogP contribution >= 0.6 is 23.4 Å². The predicted molar refractivity (Wildman–Crippen MR) is 136 cm³/mol. The predicted octanol–water partition coefficient (Wildman–Crippen LogP) is 5.00. The number of likely N-dealkylation sites (tertiary alicyclic amines) is 1. The van der Waals surface area contributed by atoms with Crippen molar-refractivity contribution in [2.24, 2.45) is 5.92 Å². The highest BCUT2D eigenvalue weighted by molar-refractivity contribution is 7.99. The van der Waals surface area contributed by atoms with E-state index < -0.39 is 0 Å². The van der Waals surface area contributed by atoms with Crippen molar-refractivity contribution in [2.45, 2.75) is 29.4 Å². The first kappa shape index (κ1) is 23.3. The molecular weight excluding hydrogens is 470 g/mol. The van der Waals surface area contributed by atoms with Gasteiger partial charge in [0.15, 0.2) is 11.5 Å². The molecule has 1 fully saturated rings. The highest BCUT2D eigenvalue weighted by Crippen LogP contribution is 2.44. The zero-order valence-electron chi connectivity index (χ0n) is 19.4. The average molecular weight is 498 g/mol. The molecule has 34 heavy (non-hydrogen) atoms. The number of ether oxygens (including phenoxy) is 2. The Balaban J connectivity index is 1.35. The molecule has 0 bridgehead atoms. The molecule has 0 aliphatic carbocycles. The van der Waals surface area contributed by atoms with E-state index in [1.807, 2.05) is 42.5 Å². The lowest BCUT2D eigenvalue weighted by Crippen LogP contribution is -2.34. The fourth-order valence-electron chi connectivity index (χ4n) is 4.68. The molecule has 5 rings (SSSR count). The van der Waals surface area contributed by atoms with E-state index >= 15 is 0 Å². The topological polar surface area (TPSA) is 56.6 Å². The van der Waals surface area contributed by atoms with Crippen molar-refractivity contribution in [3.8, 4) is 17.2 Å². The Labute approximate surface area is 208 Å². The Hall–Kier alpha value is -2.48. The van der Waals surface area contributed by atoms with Gasteiger partial charge < -0.3 is 14.4 Å². The molecule has 2 aromatic carbocycles. The minimum Gasteiger partial charge on any atom is -0.493 e. The van der Waals surface area contributed by atoms with E-state index in [-0.39, 0.29) is 10.8 Å². The normalized spacial score (nSPS) is 20.2. The highest BCUT2D eigenvalue weighted by atomic mass is 35.5. The number of hydrogen-bond donors (Lipinski definition) is 0. The van der Waals surface area contributed by atoms with E-state index in [1.54, 1.807) is 29.8 Å². The van der Waals surface area contributed by atoms with Crippen molar-refractivity contribution >= 4 is 23.4 Å². The Morgan fingerprint density at radius 1 is 1.18 bits per heavy atom. The summed E-state index contributed by atoms with van der Waals surface area (Å²) in [6, 6.07) is 13.4. The van der Waals surface area contributed by atoms with Crippen LogP contribution in [0.3, 0.4) is 0 Å². The monoisotopic (exact) mass is 497 g/mol. The molecule has 0 N–H and O–H groups in total. The quantitative estimate of drug-likeness (QED) is 0.477. The summed E-state index contributed by atoms with van der Waals surface area (Å²) < 4.78 is 13.3. The average Bonchev–Trinajstić information content (AvgIpc) is 3.29. The van der Waals surface area contributed by atoms with E-state index in [9.17, 15) is 4.79 Å². The molecule has 1 saturated heterocycles. The smallest absolute Gasteiger partial charge is 0.271 e. The zero-order chi connectivity index (χ0) is 23.7. The van der Waals surface area contributed by atoms with E-state index in [2.05, 4.69) is 16.9 Å². The van der Waals surface area contributed by atoms with Gasteiger partial charge in [-0.3, -0.25) is 9.36 Å². The molecule has 3 aromatic rings. The van der Waals surface area contributed by atoms with Crippen LogP contribution in [0.1, 0.15) is 29.3 Å². The highest BCUT2D eigenvalue weighted by Gasteiger charge is 2.28. The molecule has 0 radical (unpaired) electrons. The summed E-state index contributed by atoms with van der Waals surface area (Å²) in [5.41, 5.74) is 2.63. The largest absolute Gasteiger partial charge is 0.493 e. The van der Waals surface area contributed by atoms with Crippen LogP contribution in [0.5, 0.6) is 11.5 Å². The number of methoxy groups -OCH3 is 1. The van der Waals surface area contributed by atoms with Crippen LogP contribution in [0.2, 0.25) is 5.02 Å². The van der Waals surface area contributed by atoms with Crippen LogP contribution in [0.25, 0.3) is 5.69 Å². The van der Waals surface area contributed by atoms with Gasteiger partial charge in [-0.15, -0.1) is 11.8 Å². The molecule has 178 valence electrons. The fourth-order valence-corrected chi connectivity index (χ4v) is 6.10. The Bertz CT molecular complexity index is 1230. The fraction of sp³-hybridized carbons (Fsp3) is 0.385. The summed E-state index contributed by atoms with van der Waals surface area (Å²) in [5.74, 6) is 1.82. The van der Waals surface area contributed by atoms with Gasteiger partial charge >= 0.3 is 0 Å². The van der Waals surface area contributed by atoms with Crippen LogP contribution in [0.4, 0.5) is 0 Å². The maximum Gasteiger partial charge on any atom is 0.271 e. The Morgan fingerprint density at radius 3 is 2.76 bits per heavy atom. The first-order valence-electron chi connectivity index (χ1n) is 11.5. The molecule has 2 aliphatic heterocycles. The summed E-state index contributed by atoms with van der Waals surface area (Å²) in [6.45, 7) is 2.85. The van der Waals surface area contributed by atoms with Crippen molar-refractivity contribution in [3.05, 3.63) is 75.4 Å². The molecule has 0 amide bonds. The minimum atomic E-state index is -0.0626. The Morgan fingerprint density at radius 2 is 2.00 bits per heavy atom. The van der Waals surface area contributed by atoms with Crippen molar-refractivity contribution in [2.75, 3.05) is 33.9 Å². The maximum atomic E-state index is 13.3. The van der Waals surface area contributed by atoms with Gasteiger partial charge in [0.1, 0.15) is 6.33 Å². The standard InChI is InChI=1S/C26H28ClN3O3S/c1-29-11-3-4-17(14-29)15-33-22-10-9-20(12-23(22)32-2)30-16-28-21-13-24(34-25(21)26(30)31)18-5-7-19(27)8-6-18/h5-10,12,16-17,24H,3-4,11,13-15H2,1-2H3. The van der Waals surface area contributed by atoms with Gasteiger partial charge in [-0.2, -0.15) is 0 Å². The van der Waals surface area contributed by atoms with Crippen LogP contribution in [0.15, 0.2) is 58.5 Å². The second kappa shape index (κ2) is 10.0. The van der Waals surface area contributed by atoms with Gasteiger partial charge in [0, 0.05) is 35.2 Å². The zero-order valence-corrected chi connectivity index (χ0v) is 20.9. The van der Waals surface area contributed by atoms with Gasteiger partial charge in [-0.1, -0.05) is 23.7 Å². The van der Waals surface area contributed by atoms with Crippen molar-refractivity contribution in [1.82, 2.24) is 14.5 Å². The lowest BCUT2D eigenvalue weighted by Gasteiger charge is -2.29. The number of hydrogen-bond acceptors (Lipinski definition) is 6. The molecule has 2 aliphatic rings. The second-order valence-corrected chi connectivity index (χ2v) is 10.6. The van der Waals surface area contributed by atoms with E-state index in [4.69, 9.17) is 21.1 Å².